The van der Waals surface area contributed by atoms with Gasteiger partial charge in [-0.05, 0) is 24.6 Å². The van der Waals surface area contributed by atoms with Crippen LogP contribution in [0.15, 0.2) is 36.7 Å². The zero-order valence-electron chi connectivity index (χ0n) is 12.9. The summed E-state index contributed by atoms with van der Waals surface area (Å²) in [5.41, 5.74) is -0.524. The van der Waals surface area contributed by atoms with E-state index < -0.39 is 21.6 Å². The molecule has 0 amide bonds. The van der Waals surface area contributed by atoms with Crippen molar-refractivity contribution in [3.63, 3.8) is 0 Å². The summed E-state index contributed by atoms with van der Waals surface area (Å²) >= 11 is 0. The molecule has 134 valence electrons. The molecule has 1 atom stereocenters. The van der Waals surface area contributed by atoms with Crippen molar-refractivity contribution in [2.75, 3.05) is 22.1 Å². The lowest BCUT2D eigenvalue weighted by Gasteiger charge is -2.13. The van der Waals surface area contributed by atoms with Crippen molar-refractivity contribution in [1.82, 2.24) is 9.97 Å². The Morgan fingerprint density at radius 2 is 1.88 bits per heavy atom. The van der Waals surface area contributed by atoms with Crippen molar-refractivity contribution < 1.29 is 21.6 Å². The molecule has 1 fully saturated rings. The van der Waals surface area contributed by atoms with Crippen molar-refractivity contribution in [3.05, 3.63) is 42.2 Å². The summed E-state index contributed by atoms with van der Waals surface area (Å²) in [6, 6.07) is 6.05. The molecule has 2 aromatic rings. The number of benzene rings is 1. The van der Waals surface area contributed by atoms with Crippen LogP contribution in [0, 0.1) is 0 Å². The van der Waals surface area contributed by atoms with Crippen molar-refractivity contribution in [2.45, 2.75) is 18.6 Å². The van der Waals surface area contributed by atoms with Crippen LogP contribution in [0.4, 0.5) is 30.5 Å². The Labute approximate surface area is 142 Å². The quantitative estimate of drug-likeness (QED) is 0.859. The Bertz CT molecular complexity index is 871. The van der Waals surface area contributed by atoms with Crippen LogP contribution < -0.4 is 10.6 Å². The summed E-state index contributed by atoms with van der Waals surface area (Å²) in [6.07, 6.45) is -2.69. The number of sulfone groups is 1. The first-order chi connectivity index (χ1) is 11.7. The van der Waals surface area contributed by atoms with Crippen LogP contribution in [0.2, 0.25) is 0 Å². The lowest BCUT2D eigenvalue weighted by molar-refractivity contribution is -0.137. The average molecular weight is 372 g/mol. The second-order valence-electron chi connectivity index (χ2n) is 5.74. The van der Waals surface area contributed by atoms with Crippen LogP contribution in [0.1, 0.15) is 12.0 Å². The fraction of sp³-hybridized carbons (Fsp3) is 0.333. The van der Waals surface area contributed by atoms with Gasteiger partial charge in [-0.15, -0.1) is 0 Å². The van der Waals surface area contributed by atoms with Crippen LogP contribution in [0.5, 0.6) is 0 Å². The van der Waals surface area contributed by atoms with Gasteiger partial charge < -0.3 is 10.6 Å². The van der Waals surface area contributed by atoms with E-state index >= 15 is 0 Å². The van der Waals surface area contributed by atoms with E-state index in [4.69, 9.17) is 0 Å². The van der Waals surface area contributed by atoms with E-state index in [0.717, 1.165) is 12.1 Å². The number of nitrogens with one attached hydrogen (secondary N) is 2. The topological polar surface area (TPSA) is 84.0 Å². The van der Waals surface area contributed by atoms with E-state index in [1.54, 1.807) is 0 Å². The predicted molar refractivity (Wildman–Crippen MR) is 87.4 cm³/mol. The standard InChI is InChI=1S/C15H15F3N4O2S/c16-15(17,18)10-2-1-3-11(6-10)21-13-7-14(20-9-19-13)22-12-4-5-25(23,24)8-12/h1-3,6-7,9,12H,4-5,8H2,(H2,19,20,21,22). The number of hydrogen-bond donors (Lipinski definition) is 2. The maximum Gasteiger partial charge on any atom is 0.416 e. The third-order valence-corrected chi connectivity index (χ3v) is 5.48. The fourth-order valence-electron chi connectivity index (χ4n) is 2.54. The monoisotopic (exact) mass is 372 g/mol. The third kappa shape index (κ3) is 4.59. The number of hydrogen-bond acceptors (Lipinski definition) is 6. The molecule has 1 aromatic heterocycles. The summed E-state index contributed by atoms with van der Waals surface area (Å²) in [5, 5.41) is 5.80. The Hall–Kier alpha value is -2.36. The maximum atomic E-state index is 12.7. The number of aromatic nitrogens is 2. The van der Waals surface area contributed by atoms with Crippen LogP contribution in [0.25, 0.3) is 0 Å². The molecule has 1 aliphatic heterocycles. The molecule has 6 nitrogen and oxygen atoms in total. The Balaban J connectivity index is 1.72. The highest BCUT2D eigenvalue weighted by atomic mass is 32.2. The van der Waals surface area contributed by atoms with Gasteiger partial charge in [-0.2, -0.15) is 13.2 Å². The molecule has 3 rings (SSSR count). The second-order valence-corrected chi connectivity index (χ2v) is 7.97. The minimum Gasteiger partial charge on any atom is -0.366 e. The summed E-state index contributed by atoms with van der Waals surface area (Å²) in [4.78, 5) is 7.98. The van der Waals surface area contributed by atoms with Crippen LogP contribution in [-0.4, -0.2) is 35.9 Å². The van der Waals surface area contributed by atoms with Crippen LogP contribution in [-0.2, 0) is 16.0 Å². The van der Waals surface area contributed by atoms with Gasteiger partial charge in [0.05, 0.1) is 17.1 Å². The fourth-order valence-corrected chi connectivity index (χ4v) is 4.22. The van der Waals surface area contributed by atoms with Gasteiger partial charge in [-0.25, -0.2) is 18.4 Å². The van der Waals surface area contributed by atoms with Crippen molar-refractivity contribution in [1.29, 1.82) is 0 Å². The van der Waals surface area contributed by atoms with Gasteiger partial charge in [0, 0.05) is 17.8 Å². The van der Waals surface area contributed by atoms with Gasteiger partial charge in [-0.1, -0.05) is 6.07 Å². The Kier molecular flexibility index (Phi) is 4.55. The third-order valence-electron chi connectivity index (χ3n) is 3.71. The molecule has 1 aliphatic rings. The smallest absolute Gasteiger partial charge is 0.366 e. The predicted octanol–water partition coefficient (Wildman–Crippen LogP) is 2.84. The number of anilines is 3. The van der Waals surface area contributed by atoms with E-state index in [9.17, 15) is 21.6 Å². The van der Waals surface area contributed by atoms with Crippen LogP contribution in [0.3, 0.4) is 0 Å². The average Bonchev–Trinajstić information content (AvgIpc) is 2.86. The minimum atomic E-state index is -4.43. The first kappa shape index (κ1) is 17.5. The molecule has 2 N–H and O–H groups in total. The largest absolute Gasteiger partial charge is 0.416 e. The van der Waals surface area contributed by atoms with Gasteiger partial charge in [0.1, 0.15) is 18.0 Å². The molecule has 1 saturated heterocycles. The molecule has 0 radical (unpaired) electrons. The van der Waals surface area contributed by atoms with Crippen molar-refractivity contribution >= 4 is 27.2 Å². The van der Waals surface area contributed by atoms with Gasteiger partial charge in [0.25, 0.3) is 0 Å². The molecule has 0 saturated carbocycles. The molecular weight excluding hydrogens is 357 g/mol. The van der Waals surface area contributed by atoms with Gasteiger partial charge in [0.15, 0.2) is 9.84 Å². The first-order valence-electron chi connectivity index (χ1n) is 7.45. The zero-order valence-corrected chi connectivity index (χ0v) is 13.7. The summed E-state index contributed by atoms with van der Waals surface area (Å²) in [6.45, 7) is 0. The molecule has 0 bridgehead atoms. The van der Waals surface area contributed by atoms with Gasteiger partial charge in [0.2, 0.25) is 0 Å². The summed E-state index contributed by atoms with van der Waals surface area (Å²) in [7, 11) is -3.02. The highest BCUT2D eigenvalue weighted by molar-refractivity contribution is 7.91. The normalized spacial score (nSPS) is 19.6. The minimum absolute atomic E-state index is 0.0351. The SMILES string of the molecule is O=S1(=O)CCC(Nc2cc(Nc3cccc(C(F)(F)F)c3)ncn2)C1. The number of alkyl halides is 3. The van der Waals surface area contributed by atoms with Crippen LogP contribution >= 0.6 is 0 Å². The number of rotatable bonds is 4. The van der Waals surface area contributed by atoms with E-state index in [-0.39, 0.29) is 23.2 Å². The molecule has 10 heteroatoms. The zero-order chi connectivity index (χ0) is 18.1. The van der Waals surface area contributed by atoms with Gasteiger partial charge >= 0.3 is 6.18 Å². The first-order valence-corrected chi connectivity index (χ1v) is 9.27. The maximum absolute atomic E-state index is 12.7. The molecule has 1 aromatic carbocycles. The Morgan fingerprint density at radius 3 is 2.56 bits per heavy atom. The Morgan fingerprint density at radius 1 is 1.12 bits per heavy atom. The molecule has 0 aliphatic carbocycles. The highest BCUT2D eigenvalue weighted by Gasteiger charge is 2.30. The second kappa shape index (κ2) is 6.51. The van der Waals surface area contributed by atoms with Crippen molar-refractivity contribution in [3.8, 4) is 0 Å². The number of nitrogens with zero attached hydrogens (tertiary/aromatic N) is 2. The van der Waals surface area contributed by atoms with Crippen molar-refractivity contribution in [2.24, 2.45) is 0 Å². The van der Waals surface area contributed by atoms with E-state index in [1.807, 2.05) is 0 Å². The van der Waals surface area contributed by atoms with E-state index in [0.29, 0.717) is 18.1 Å². The molecule has 2 heterocycles. The highest BCUT2D eigenvalue weighted by Crippen LogP contribution is 2.31. The van der Waals surface area contributed by atoms with Gasteiger partial charge in [-0.3, -0.25) is 0 Å². The molecular formula is C15H15F3N4O2S. The molecule has 1 unspecified atom stereocenters. The lowest BCUT2D eigenvalue weighted by Crippen LogP contribution is -2.21. The molecule has 25 heavy (non-hydrogen) atoms. The summed E-state index contributed by atoms with van der Waals surface area (Å²) in [5.74, 6) is 0.877. The summed E-state index contributed by atoms with van der Waals surface area (Å²) < 4.78 is 61.2. The molecule has 0 spiro atoms. The van der Waals surface area contributed by atoms with E-state index in [2.05, 4.69) is 20.6 Å². The van der Waals surface area contributed by atoms with E-state index in [1.165, 1.54) is 24.5 Å². The lowest BCUT2D eigenvalue weighted by atomic mass is 10.2. The number of halogens is 3.